The van der Waals surface area contributed by atoms with Crippen molar-refractivity contribution in [3.8, 4) is 23.5 Å². The Morgan fingerprint density at radius 2 is 1.59 bits per heavy atom. The average Bonchev–Trinajstić information content (AvgIpc) is 3.26. The molecule has 0 bridgehead atoms. The maximum Gasteiger partial charge on any atom is 0.411 e. The number of carbonyl (C=O) groups is 2. The van der Waals surface area contributed by atoms with Gasteiger partial charge in [-0.25, -0.2) is 9.59 Å². The van der Waals surface area contributed by atoms with E-state index >= 15 is 0 Å². The number of ether oxygens (including phenoxy) is 2. The Labute approximate surface area is 242 Å². The van der Waals surface area contributed by atoms with E-state index in [1.165, 1.54) is 22.3 Å². The fourth-order valence-electron chi connectivity index (χ4n) is 5.56. The number of anilines is 1. The third-order valence-corrected chi connectivity index (χ3v) is 7.63. The van der Waals surface area contributed by atoms with Gasteiger partial charge in [-0.2, -0.15) is 0 Å². The zero-order valence-electron chi connectivity index (χ0n) is 24.2. The summed E-state index contributed by atoms with van der Waals surface area (Å²) in [6, 6.07) is 20.5. The quantitative estimate of drug-likeness (QED) is 0.372. The molecule has 1 fully saturated rings. The number of carbonyl (C=O) groups excluding carboxylic acids is 2. The van der Waals surface area contributed by atoms with E-state index in [4.69, 9.17) is 15.9 Å². The summed E-state index contributed by atoms with van der Waals surface area (Å²) in [7, 11) is 0. The summed E-state index contributed by atoms with van der Waals surface area (Å²) in [5.41, 5.74) is 7.37. The lowest BCUT2D eigenvalue weighted by Gasteiger charge is -2.35. The molecule has 3 aromatic rings. The summed E-state index contributed by atoms with van der Waals surface area (Å²) in [4.78, 5) is 29.4. The van der Waals surface area contributed by atoms with Crippen molar-refractivity contribution in [3.05, 3.63) is 88.5 Å². The molecule has 0 atom stereocenters. The van der Waals surface area contributed by atoms with Crippen LogP contribution in [0.5, 0.6) is 0 Å². The fraction of sp³-hybridized carbons (Fsp3) is 0.353. The van der Waals surface area contributed by atoms with Crippen LogP contribution in [0.15, 0.2) is 60.7 Å². The van der Waals surface area contributed by atoms with Gasteiger partial charge >= 0.3 is 12.2 Å². The molecule has 0 saturated carbocycles. The van der Waals surface area contributed by atoms with Crippen LogP contribution in [0.3, 0.4) is 0 Å². The maximum atomic E-state index is 13.0. The summed E-state index contributed by atoms with van der Waals surface area (Å²) in [6.07, 6.45) is 5.03. The fourth-order valence-corrected chi connectivity index (χ4v) is 5.56. The SMILES string of the molecule is C#Cc1cc(CN2CCN(C(=O)OC(C)(C)C)CC2)cc(NC(=O)OCC2c3ccccc3-c3ccccc32)c1C. The maximum absolute atomic E-state index is 13.0. The van der Waals surface area contributed by atoms with Gasteiger partial charge in [0.1, 0.15) is 12.2 Å². The highest BCUT2D eigenvalue weighted by atomic mass is 16.6. The molecule has 5 rings (SSSR count). The summed E-state index contributed by atoms with van der Waals surface area (Å²) < 4.78 is 11.3. The van der Waals surface area contributed by atoms with E-state index in [0.29, 0.717) is 38.4 Å². The molecule has 0 spiro atoms. The third-order valence-electron chi connectivity index (χ3n) is 7.63. The van der Waals surface area contributed by atoms with Crippen LogP contribution in [0.1, 0.15) is 54.5 Å². The Bertz CT molecular complexity index is 1450. The molecule has 0 radical (unpaired) electrons. The van der Waals surface area contributed by atoms with Crippen molar-refractivity contribution in [1.82, 2.24) is 9.80 Å². The van der Waals surface area contributed by atoms with Crippen LogP contribution in [0.25, 0.3) is 11.1 Å². The van der Waals surface area contributed by atoms with Crippen molar-refractivity contribution in [3.63, 3.8) is 0 Å². The number of rotatable bonds is 5. The number of terminal acetylenes is 1. The van der Waals surface area contributed by atoms with Crippen molar-refractivity contribution >= 4 is 17.9 Å². The van der Waals surface area contributed by atoms with Crippen LogP contribution in [0.4, 0.5) is 15.3 Å². The molecule has 7 heteroatoms. The molecule has 1 aliphatic heterocycles. The molecular weight excluding hydrogens is 514 g/mol. The number of amides is 2. The van der Waals surface area contributed by atoms with Crippen LogP contribution in [-0.2, 0) is 16.0 Å². The molecule has 1 N–H and O–H groups in total. The van der Waals surface area contributed by atoms with E-state index < -0.39 is 11.7 Å². The van der Waals surface area contributed by atoms with E-state index in [2.05, 4.69) is 40.4 Å². The van der Waals surface area contributed by atoms with Crippen LogP contribution < -0.4 is 5.32 Å². The van der Waals surface area contributed by atoms with Gasteiger partial charge in [-0.05, 0) is 73.2 Å². The molecule has 0 aromatic heterocycles. The topological polar surface area (TPSA) is 71.1 Å². The van der Waals surface area contributed by atoms with Crippen LogP contribution >= 0.6 is 0 Å². The number of nitrogens with one attached hydrogen (secondary N) is 1. The van der Waals surface area contributed by atoms with Crippen LogP contribution in [0.2, 0.25) is 0 Å². The summed E-state index contributed by atoms with van der Waals surface area (Å²) in [5, 5.41) is 2.93. The molecule has 2 aliphatic rings. The van der Waals surface area contributed by atoms with Crippen LogP contribution in [-0.4, -0.2) is 60.4 Å². The zero-order chi connectivity index (χ0) is 29.1. The first-order chi connectivity index (χ1) is 19.6. The van der Waals surface area contributed by atoms with Gasteiger partial charge < -0.3 is 14.4 Å². The first-order valence-corrected chi connectivity index (χ1v) is 14.1. The van der Waals surface area contributed by atoms with Gasteiger partial charge in [-0.15, -0.1) is 6.42 Å². The van der Waals surface area contributed by atoms with E-state index in [1.807, 2.05) is 64.1 Å². The van der Waals surface area contributed by atoms with Crippen molar-refractivity contribution in [2.45, 2.75) is 45.8 Å². The number of hydrogen-bond acceptors (Lipinski definition) is 5. The number of benzene rings is 3. The van der Waals surface area contributed by atoms with Gasteiger partial charge in [0, 0.05) is 49.9 Å². The minimum Gasteiger partial charge on any atom is -0.448 e. The second kappa shape index (κ2) is 11.7. The highest BCUT2D eigenvalue weighted by Crippen LogP contribution is 2.44. The van der Waals surface area contributed by atoms with Crippen molar-refractivity contribution in [1.29, 1.82) is 0 Å². The molecule has 7 nitrogen and oxygen atoms in total. The highest BCUT2D eigenvalue weighted by Gasteiger charge is 2.29. The molecule has 3 aromatic carbocycles. The molecule has 2 amide bonds. The van der Waals surface area contributed by atoms with Crippen LogP contribution in [0, 0.1) is 19.3 Å². The lowest BCUT2D eigenvalue weighted by Crippen LogP contribution is -2.49. The molecule has 41 heavy (non-hydrogen) atoms. The van der Waals surface area contributed by atoms with Gasteiger partial charge in [0.2, 0.25) is 0 Å². The second-order valence-corrected chi connectivity index (χ2v) is 11.7. The number of fused-ring (bicyclic) bond motifs is 3. The molecule has 1 aliphatic carbocycles. The summed E-state index contributed by atoms with van der Waals surface area (Å²) >= 11 is 0. The smallest absolute Gasteiger partial charge is 0.411 e. The monoisotopic (exact) mass is 551 g/mol. The van der Waals surface area contributed by atoms with E-state index in [1.54, 1.807) is 4.90 Å². The largest absolute Gasteiger partial charge is 0.448 e. The van der Waals surface area contributed by atoms with Gasteiger partial charge in [0.15, 0.2) is 0 Å². The molecule has 1 saturated heterocycles. The minimum absolute atomic E-state index is 0.0128. The molecule has 0 unspecified atom stereocenters. The summed E-state index contributed by atoms with van der Waals surface area (Å²) in [6.45, 7) is 11.0. The highest BCUT2D eigenvalue weighted by molar-refractivity contribution is 5.87. The Hall–Kier alpha value is -4.28. The standard InChI is InChI=1S/C34H37N3O4/c1-6-25-19-24(21-36-15-17-37(18-16-36)33(39)41-34(3,4)5)20-31(23(25)2)35-32(38)40-22-30-28-13-9-7-11-26(28)27-12-8-10-14-29(27)30/h1,7-14,19-20,30H,15-18,21-22H2,2-5H3,(H,35,38). The Morgan fingerprint density at radius 1 is 0.976 bits per heavy atom. The second-order valence-electron chi connectivity index (χ2n) is 11.7. The van der Waals surface area contributed by atoms with E-state index in [9.17, 15) is 9.59 Å². The Balaban J connectivity index is 1.22. The van der Waals surface area contributed by atoms with Gasteiger partial charge in [0.05, 0.1) is 0 Å². The minimum atomic E-state index is -0.516. The predicted octanol–water partition coefficient (Wildman–Crippen LogP) is 6.39. The number of piperazine rings is 1. The molecule has 212 valence electrons. The summed E-state index contributed by atoms with van der Waals surface area (Å²) in [5.74, 6) is 2.74. The van der Waals surface area contributed by atoms with Gasteiger partial charge in [0.25, 0.3) is 0 Å². The lowest BCUT2D eigenvalue weighted by molar-refractivity contribution is 0.0139. The predicted molar refractivity (Wildman–Crippen MR) is 161 cm³/mol. The molecular formula is C34H37N3O4. The Kier molecular flexibility index (Phi) is 8.05. The van der Waals surface area contributed by atoms with E-state index in [-0.39, 0.29) is 18.6 Å². The first kappa shape index (κ1) is 28.3. The normalized spacial score (nSPS) is 15.0. The first-order valence-electron chi connectivity index (χ1n) is 14.1. The average molecular weight is 552 g/mol. The molecule has 1 heterocycles. The van der Waals surface area contributed by atoms with Crippen molar-refractivity contribution < 1.29 is 19.1 Å². The zero-order valence-corrected chi connectivity index (χ0v) is 24.2. The van der Waals surface area contributed by atoms with Gasteiger partial charge in [-0.1, -0.05) is 54.5 Å². The van der Waals surface area contributed by atoms with Gasteiger partial charge in [-0.3, -0.25) is 10.2 Å². The third kappa shape index (κ3) is 6.39. The van der Waals surface area contributed by atoms with Crippen molar-refractivity contribution in [2.75, 3.05) is 38.1 Å². The lowest BCUT2D eigenvalue weighted by atomic mass is 9.98. The Morgan fingerprint density at radius 3 is 2.17 bits per heavy atom. The van der Waals surface area contributed by atoms with E-state index in [0.717, 1.165) is 16.7 Å². The van der Waals surface area contributed by atoms with Crippen molar-refractivity contribution in [2.24, 2.45) is 0 Å². The number of nitrogens with zero attached hydrogens (tertiary/aromatic N) is 2. The number of hydrogen-bond donors (Lipinski definition) is 1.